The zero-order chi connectivity index (χ0) is 12.3. The summed E-state index contributed by atoms with van der Waals surface area (Å²) in [7, 11) is 0. The minimum atomic E-state index is 0.603. The van der Waals surface area contributed by atoms with Crippen LogP contribution < -0.4 is 0 Å². The van der Waals surface area contributed by atoms with Gasteiger partial charge in [-0.1, -0.05) is 24.4 Å². The Balaban J connectivity index is 2.48. The summed E-state index contributed by atoms with van der Waals surface area (Å²) in [4.78, 5) is 7.58. The molecule has 0 aromatic carbocycles. The SMILES string of the molecule is CCCc1nc(=S)cc(-c2cnnn2CC)[nH]1. The average molecular weight is 249 g/mol. The van der Waals surface area contributed by atoms with Crippen molar-refractivity contribution in [1.82, 2.24) is 25.0 Å². The summed E-state index contributed by atoms with van der Waals surface area (Å²) in [5, 5.41) is 7.92. The number of hydrogen-bond donors (Lipinski definition) is 1. The molecule has 0 saturated heterocycles. The molecule has 0 atom stereocenters. The number of nitrogens with zero attached hydrogens (tertiary/aromatic N) is 4. The molecule has 0 aliphatic carbocycles. The fraction of sp³-hybridized carbons (Fsp3) is 0.455. The van der Waals surface area contributed by atoms with Crippen molar-refractivity contribution in [2.45, 2.75) is 33.2 Å². The molecule has 2 aromatic rings. The first-order valence-corrected chi connectivity index (χ1v) is 6.14. The lowest BCUT2D eigenvalue weighted by atomic mass is 10.2. The van der Waals surface area contributed by atoms with Crippen molar-refractivity contribution < 1.29 is 0 Å². The molecule has 0 bridgehead atoms. The van der Waals surface area contributed by atoms with Crippen LogP contribution >= 0.6 is 12.2 Å². The molecule has 90 valence electrons. The van der Waals surface area contributed by atoms with Gasteiger partial charge in [-0.05, 0) is 13.3 Å². The van der Waals surface area contributed by atoms with Gasteiger partial charge in [0.1, 0.15) is 16.2 Å². The van der Waals surface area contributed by atoms with E-state index in [0.29, 0.717) is 4.64 Å². The molecule has 6 heteroatoms. The number of aromatic nitrogens is 5. The van der Waals surface area contributed by atoms with Crippen LogP contribution in [-0.4, -0.2) is 25.0 Å². The minimum absolute atomic E-state index is 0.603. The Morgan fingerprint density at radius 2 is 2.24 bits per heavy atom. The fourth-order valence-electron chi connectivity index (χ4n) is 1.70. The largest absolute Gasteiger partial charge is 0.342 e. The standard InChI is InChI=1S/C11H15N5S/c1-3-5-10-13-8(6-11(17)14-10)9-7-12-15-16(9)4-2/h6-7H,3-5H2,1-2H3,(H,13,14,17). The number of hydrogen-bond acceptors (Lipinski definition) is 4. The molecule has 1 N–H and O–H groups in total. The van der Waals surface area contributed by atoms with E-state index in [0.717, 1.165) is 36.6 Å². The van der Waals surface area contributed by atoms with Crippen LogP contribution in [-0.2, 0) is 13.0 Å². The summed E-state index contributed by atoms with van der Waals surface area (Å²) >= 11 is 5.17. The molecule has 0 radical (unpaired) electrons. The van der Waals surface area contributed by atoms with Gasteiger partial charge in [0.25, 0.3) is 0 Å². The molecular weight excluding hydrogens is 234 g/mol. The Morgan fingerprint density at radius 3 is 2.94 bits per heavy atom. The molecular formula is C11H15N5S. The highest BCUT2D eigenvalue weighted by atomic mass is 32.1. The number of aryl methyl sites for hydroxylation is 2. The van der Waals surface area contributed by atoms with Crippen LogP contribution in [0, 0.1) is 4.64 Å². The molecule has 0 fully saturated rings. The summed E-state index contributed by atoms with van der Waals surface area (Å²) in [6.07, 6.45) is 3.66. The van der Waals surface area contributed by atoms with Gasteiger partial charge in [-0.15, -0.1) is 5.10 Å². The van der Waals surface area contributed by atoms with E-state index in [1.165, 1.54) is 0 Å². The predicted octanol–water partition coefficient (Wildman–Crippen LogP) is 2.37. The third-order valence-corrected chi connectivity index (χ3v) is 2.68. The van der Waals surface area contributed by atoms with Crippen molar-refractivity contribution >= 4 is 12.2 Å². The maximum atomic E-state index is 5.17. The van der Waals surface area contributed by atoms with Crippen molar-refractivity contribution in [2.24, 2.45) is 0 Å². The summed E-state index contributed by atoms with van der Waals surface area (Å²) in [6.45, 7) is 4.92. The smallest absolute Gasteiger partial charge is 0.130 e. The van der Waals surface area contributed by atoms with Crippen LogP contribution in [0.5, 0.6) is 0 Å². The molecule has 5 nitrogen and oxygen atoms in total. The number of nitrogens with one attached hydrogen (secondary N) is 1. The van der Waals surface area contributed by atoms with E-state index in [1.54, 1.807) is 6.20 Å². The first-order chi connectivity index (χ1) is 8.24. The van der Waals surface area contributed by atoms with Gasteiger partial charge < -0.3 is 4.98 Å². The van der Waals surface area contributed by atoms with Gasteiger partial charge >= 0.3 is 0 Å². The van der Waals surface area contributed by atoms with Crippen molar-refractivity contribution in [3.05, 3.63) is 22.7 Å². The van der Waals surface area contributed by atoms with Crippen LogP contribution in [0.25, 0.3) is 11.4 Å². The van der Waals surface area contributed by atoms with Gasteiger partial charge in [0.05, 0.1) is 11.9 Å². The van der Waals surface area contributed by atoms with Crippen molar-refractivity contribution in [1.29, 1.82) is 0 Å². The van der Waals surface area contributed by atoms with E-state index in [-0.39, 0.29) is 0 Å². The van der Waals surface area contributed by atoms with Crippen LogP contribution in [0.15, 0.2) is 12.3 Å². The maximum Gasteiger partial charge on any atom is 0.130 e. The second-order valence-corrected chi connectivity index (χ2v) is 4.18. The molecule has 0 spiro atoms. The quantitative estimate of drug-likeness (QED) is 0.845. The van der Waals surface area contributed by atoms with Gasteiger partial charge in [0.2, 0.25) is 0 Å². The van der Waals surface area contributed by atoms with E-state index in [1.807, 2.05) is 17.7 Å². The van der Waals surface area contributed by atoms with Crippen LogP contribution in [0.1, 0.15) is 26.1 Å². The number of aromatic amines is 1. The highest BCUT2D eigenvalue weighted by Gasteiger charge is 2.07. The molecule has 2 aromatic heterocycles. The first-order valence-electron chi connectivity index (χ1n) is 5.73. The molecule has 17 heavy (non-hydrogen) atoms. The topological polar surface area (TPSA) is 59.4 Å². The van der Waals surface area contributed by atoms with Crippen molar-refractivity contribution in [2.75, 3.05) is 0 Å². The van der Waals surface area contributed by atoms with Gasteiger partial charge in [-0.3, -0.25) is 0 Å². The van der Waals surface area contributed by atoms with E-state index >= 15 is 0 Å². The summed E-state index contributed by atoms with van der Waals surface area (Å²) in [5.74, 6) is 0.916. The maximum absolute atomic E-state index is 5.17. The summed E-state index contributed by atoms with van der Waals surface area (Å²) in [6, 6.07) is 1.85. The Kier molecular flexibility index (Phi) is 3.63. The molecule has 0 amide bonds. The Bertz CT molecular complexity index is 557. The van der Waals surface area contributed by atoms with Gasteiger partial charge in [0.15, 0.2) is 0 Å². The molecule has 0 aliphatic heterocycles. The monoisotopic (exact) mass is 249 g/mol. The number of H-pyrrole nitrogens is 1. The highest BCUT2D eigenvalue weighted by Crippen LogP contribution is 2.15. The number of rotatable bonds is 4. The van der Waals surface area contributed by atoms with E-state index < -0.39 is 0 Å². The van der Waals surface area contributed by atoms with E-state index in [4.69, 9.17) is 12.2 Å². The second-order valence-electron chi connectivity index (χ2n) is 3.76. The van der Waals surface area contributed by atoms with Crippen LogP contribution in [0.3, 0.4) is 0 Å². The second kappa shape index (κ2) is 5.18. The van der Waals surface area contributed by atoms with Crippen LogP contribution in [0.4, 0.5) is 0 Å². The zero-order valence-corrected chi connectivity index (χ0v) is 10.8. The summed E-state index contributed by atoms with van der Waals surface area (Å²) in [5.41, 5.74) is 1.87. The highest BCUT2D eigenvalue weighted by molar-refractivity contribution is 7.71. The predicted molar refractivity (Wildman–Crippen MR) is 68.1 cm³/mol. The molecule has 0 saturated carbocycles. The third-order valence-electron chi connectivity index (χ3n) is 2.47. The van der Waals surface area contributed by atoms with E-state index in [9.17, 15) is 0 Å². The zero-order valence-electron chi connectivity index (χ0n) is 9.97. The minimum Gasteiger partial charge on any atom is -0.342 e. The third kappa shape index (κ3) is 2.58. The molecule has 2 rings (SSSR count). The average Bonchev–Trinajstić information content (AvgIpc) is 2.76. The fourth-order valence-corrected chi connectivity index (χ4v) is 1.93. The Hall–Kier alpha value is -1.56. The van der Waals surface area contributed by atoms with Crippen LogP contribution in [0.2, 0.25) is 0 Å². The lowest BCUT2D eigenvalue weighted by Crippen LogP contribution is -2.03. The van der Waals surface area contributed by atoms with Crippen molar-refractivity contribution in [3.63, 3.8) is 0 Å². The van der Waals surface area contributed by atoms with Gasteiger partial charge in [-0.2, -0.15) is 0 Å². The lowest BCUT2D eigenvalue weighted by Gasteiger charge is -2.06. The molecule has 2 heterocycles. The van der Waals surface area contributed by atoms with Crippen molar-refractivity contribution in [3.8, 4) is 11.4 Å². The molecule has 0 unspecified atom stereocenters. The van der Waals surface area contributed by atoms with Gasteiger partial charge in [-0.25, -0.2) is 9.67 Å². The molecule has 0 aliphatic rings. The Morgan fingerprint density at radius 1 is 1.41 bits per heavy atom. The first kappa shape index (κ1) is 11.9. The van der Waals surface area contributed by atoms with Gasteiger partial charge in [0, 0.05) is 19.0 Å². The lowest BCUT2D eigenvalue weighted by molar-refractivity contribution is 0.631. The normalized spacial score (nSPS) is 10.7. The summed E-state index contributed by atoms with van der Waals surface area (Å²) < 4.78 is 2.43. The Labute approximate surface area is 105 Å². The van der Waals surface area contributed by atoms with E-state index in [2.05, 4.69) is 27.2 Å².